The van der Waals surface area contributed by atoms with E-state index in [9.17, 15) is 14.9 Å². The summed E-state index contributed by atoms with van der Waals surface area (Å²) < 4.78 is 6.43. The summed E-state index contributed by atoms with van der Waals surface area (Å²) in [5.74, 6) is -0.235. The van der Waals surface area contributed by atoms with Crippen LogP contribution in [-0.4, -0.2) is 27.7 Å². The van der Waals surface area contributed by atoms with Crippen molar-refractivity contribution in [1.29, 1.82) is 0 Å². The first kappa shape index (κ1) is 15.8. The molecule has 1 heterocycles. The van der Waals surface area contributed by atoms with Crippen molar-refractivity contribution in [2.75, 3.05) is 12.4 Å². The SMILES string of the molecule is COc1ccc([N+](=O)[O-])cc1NC(=O)c1c(Cl)c(C)nn1C. The van der Waals surface area contributed by atoms with Gasteiger partial charge in [0.15, 0.2) is 0 Å². The van der Waals surface area contributed by atoms with Gasteiger partial charge in [0.05, 0.1) is 28.4 Å². The Bertz CT molecular complexity index is 757. The highest BCUT2D eigenvalue weighted by atomic mass is 35.5. The third kappa shape index (κ3) is 2.86. The summed E-state index contributed by atoms with van der Waals surface area (Å²) in [6, 6.07) is 3.91. The number of hydrogen-bond donors (Lipinski definition) is 1. The summed E-state index contributed by atoms with van der Waals surface area (Å²) in [7, 11) is 2.98. The molecule has 0 saturated heterocycles. The minimum atomic E-state index is -0.559. The van der Waals surface area contributed by atoms with E-state index in [0.717, 1.165) is 0 Å². The van der Waals surface area contributed by atoms with Gasteiger partial charge in [-0.1, -0.05) is 11.6 Å². The molecule has 8 nitrogen and oxygen atoms in total. The fourth-order valence-electron chi connectivity index (χ4n) is 1.97. The number of halogens is 1. The van der Waals surface area contributed by atoms with E-state index in [0.29, 0.717) is 11.4 Å². The summed E-state index contributed by atoms with van der Waals surface area (Å²) in [6.07, 6.45) is 0. The van der Waals surface area contributed by atoms with Crippen molar-refractivity contribution < 1.29 is 14.5 Å². The number of aromatic nitrogens is 2. The van der Waals surface area contributed by atoms with Crippen molar-refractivity contribution in [3.8, 4) is 5.75 Å². The average molecular weight is 325 g/mol. The zero-order valence-corrected chi connectivity index (χ0v) is 12.8. The highest BCUT2D eigenvalue weighted by Gasteiger charge is 2.21. The third-order valence-electron chi connectivity index (χ3n) is 3.01. The quantitative estimate of drug-likeness (QED) is 0.688. The van der Waals surface area contributed by atoms with Gasteiger partial charge in [-0.05, 0) is 13.0 Å². The number of nitro groups is 1. The van der Waals surface area contributed by atoms with E-state index in [1.54, 1.807) is 14.0 Å². The number of amides is 1. The van der Waals surface area contributed by atoms with E-state index >= 15 is 0 Å². The highest BCUT2D eigenvalue weighted by Crippen LogP contribution is 2.30. The minimum absolute atomic E-state index is 0.160. The second-order valence-corrected chi connectivity index (χ2v) is 4.85. The number of benzene rings is 1. The van der Waals surface area contributed by atoms with E-state index in [4.69, 9.17) is 16.3 Å². The zero-order chi connectivity index (χ0) is 16.4. The predicted octanol–water partition coefficient (Wildman–Crippen LogP) is 2.55. The number of aryl methyl sites for hydroxylation is 2. The molecule has 116 valence electrons. The van der Waals surface area contributed by atoms with E-state index in [1.165, 1.54) is 30.0 Å². The maximum Gasteiger partial charge on any atom is 0.275 e. The van der Waals surface area contributed by atoms with Crippen molar-refractivity contribution in [3.05, 3.63) is 44.7 Å². The standard InChI is InChI=1S/C13H13ClN4O4/c1-7-11(14)12(17(2)16-7)13(19)15-9-6-8(18(20)21)4-5-10(9)22-3/h4-6H,1-3H3,(H,15,19). The molecule has 0 bridgehead atoms. The first-order chi connectivity index (χ1) is 10.3. The summed E-state index contributed by atoms with van der Waals surface area (Å²) in [6.45, 7) is 1.67. The van der Waals surface area contributed by atoms with E-state index in [1.807, 2.05) is 0 Å². The Morgan fingerprint density at radius 2 is 2.18 bits per heavy atom. The van der Waals surface area contributed by atoms with Crippen LogP contribution in [0.25, 0.3) is 0 Å². The number of hydrogen-bond acceptors (Lipinski definition) is 5. The molecule has 1 aromatic carbocycles. The van der Waals surface area contributed by atoms with Crippen LogP contribution in [0.1, 0.15) is 16.2 Å². The Morgan fingerprint density at radius 3 is 2.68 bits per heavy atom. The van der Waals surface area contributed by atoms with Crippen LogP contribution in [0.15, 0.2) is 18.2 Å². The first-order valence-electron chi connectivity index (χ1n) is 6.18. The lowest BCUT2D eigenvalue weighted by Crippen LogP contribution is -2.17. The molecular weight excluding hydrogens is 312 g/mol. The Balaban J connectivity index is 2.39. The molecule has 0 aliphatic heterocycles. The lowest BCUT2D eigenvalue weighted by molar-refractivity contribution is -0.384. The molecule has 0 spiro atoms. The number of non-ortho nitro benzene ring substituents is 1. The van der Waals surface area contributed by atoms with Crippen LogP contribution in [0.3, 0.4) is 0 Å². The van der Waals surface area contributed by atoms with Gasteiger partial charge in [-0.15, -0.1) is 0 Å². The van der Waals surface area contributed by atoms with Crippen LogP contribution in [0.5, 0.6) is 5.75 Å². The average Bonchev–Trinajstić information content (AvgIpc) is 2.71. The van der Waals surface area contributed by atoms with Gasteiger partial charge in [0, 0.05) is 19.2 Å². The molecule has 2 aromatic rings. The molecule has 1 amide bonds. The molecule has 0 radical (unpaired) electrons. The molecule has 1 aromatic heterocycles. The Kier molecular flexibility index (Phi) is 4.32. The maximum atomic E-state index is 12.3. The van der Waals surface area contributed by atoms with Gasteiger partial charge in [-0.3, -0.25) is 19.6 Å². The molecule has 0 aliphatic carbocycles. The molecule has 0 unspecified atom stereocenters. The second kappa shape index (κ2) is 6.02. The van der Waals surface area contributed by atoms with Crippen LogP contribution in [-0.2, 0) is 7.05 Å². The number of carbonyl (C=O) groups is 1. The van der Waals surface area contributed by atoms with Crippen LogP contribution in [0.4, 0.5) is 11.4 Å². The molecule has 0 fully saturated rings. The lowest BCUT2D eigenvalue weighted by Gasteiger charge is -2.10. The molecule has 1 N–H and O–H groups in total. The van der Waals surface area contributed by atoms with Crippen molar-refractivity contribution in [1.82, 2.24) is 9.78 Å². The lowest BCUT2D eigenvalue weighted by atomic mass is 10.2. The number of methoxy groups -OCH3 is 1. The Hall–Kier alpha value is -2.61. The fourth-order valence-corrected chi connectivity index (χ4v) is 2.21. The van der Waals surface area contributed by atoms with E-state index in [-0.39, 0.29) is 22.1 Å². The number of nitrogens with zero attached hydrogens (tertiary/aromatic N) is 3. The number of rotatable bonds is 4. The molecule has 9 heteroatoms. The van der Waals surface area contributed by atoms with Gasteiger partial charge in [0.25, 0.3) is 11.6 Å². The first-order valence-corrected chi connectivity index (χ1v) is 6.55. The third-order valence-corrected chi connectivity index (χ3v) is 3.46. The molecule has 2 rings (SSSR count). The van der Waals surface area contributed by atoms with Crippen LogP contribution >= 0.6 is 11.6 Å². The topological polar surface area (TPSA) is 99.3 Å². The Labute approximate surface area is 130 Å². The Morgan fingerprint density at radius 1 is 1.50 bits per heavy atom. The maximum absolute atomic E-state index is 12.3. The monoisotopic (exact) mass is 324 g/mol. The van der Waals surface area contributed by atoms with Gasteiger partial charge in [-0.25, -0.2) is 0 Å². The number of nitrogens with one attached hydrogen (secondary N) is 1. The molecule has 22 heavy (non-hydrogen) atoms. The van der Waals surface area contributed by atoms with Crippen LogP contribution in [0, 0.1) is 17.0 Å². The largest absolute Gasteiger partial charge is 0.495 e. The van der Waals surface area contributed by atoms with Crippen molar-refractivity contribution in [2.24, 2.45) is 7.05 Å². The smallest absolute Gasteiger partial charge is 0.275 e. The van der Waals surface area contributed by atoms with Crippen molar-refractivity contribution in [3.63, 3.8) is 0 Å². The summed E-state index contributed by atoms with van der Waals surface area (Å²) >= 11 is 6.05. The summed E-state index contributed by atoms with van der Waals surface area (Å²) in [5.41, 5.74) is 0.688. The van der Waals surface area contributed by atoms with Gasteiger partial charge < -0.3 is 10.1 Å². The number of carbonyl (C=O) groups excluding carboxylic acids is 1. The van der Waals surface area contributed by atoms with Crippen molar-refractivity contribution >= 4 is 28.9 Å². The van der Waals surface area contributed by atoms with E-state index < -0.39 is 10.8 Å². The van der Waals surface area contributed by atoms with E-state index in [2.05, 4.69) is 10.4 Å². The molecule has 0 atom stereocenters. The number of ether oxygens (including phenoxy) is 1. The van der Waals surface area contributed by atoms with Gasteiger partial charge in [0.1, 0.15) is 11.4 Å². The van der Waals surface area contributed by atoms with Crippen LogP contribution in [0.2, 0.25) is 5.02 Å². The van der Waals surface area contributed by atoms with Gasteiger partial charge >= 0.3 is 0 Å². The number of nitro benzene ring substituents is 1. The second-order valence-electron chi connectivity index (χ2n) is 4.47. The molecular formula is C13H13ClN4O4. The zero-order valence-electron chi connectivity index (χ0n) is 12.1. The number of anilines is 1. The van der Waals surface area contributed by atoms with Gasteiger partial charge in [-0.2, -0.15) is 5.10 Å². The van der Waals surface area contributed by atoms with Gasteiger partial charge in [0.2, 0.25) is 0 Å². The summed E-state index contributed by atoms with van der Waals surface area (Å²) in [4.78, 5) is 22.6. The molecule has 0 saturated carbocycles. The van der Waals surface area contributed by atoms with Crippen LogP contribution < -0.4 is 10.1 Å². The normalized spacial score (nSPS) is 10.4. The highest BCUT2D eigenvalue weighted by molar-refractivity contribution is 6.34. The predicted molar refractivity (Wildman–Crippen MR) is 80.6 cm³/mol. The molecule has 0 aliphatic rings. The fraction of sp³-hybridized carbons (Fsp3) is 0.231. The minimum Gasteiger partial charge on any atom is -0.495 e. The summed E-state index contributed by atoms with van der Waals surface area (Å²) in [5, 5.41) is 17.7. The van der Waals surface area contributed by atoms with Crippen molar-refractivity contribution in [2.45, 2.75) is 6.92 Å².